The Morgan fingerprint density at radius 1 is 0.938 bits per heavy atom. The first-order valence-electron chi connectivity index (χ1n) is 15.1. The van der Waals surface area contributed by atoms with Crippen molar-refractivity contribution >= 4 is 29.0 Å². The highest BCUT2D eigenvalue weighted by molar-refractivity contribution is 6.29. The minimum Gasteiger partial charge on any atom is -0.468 e. The van der Waals surface area contributed by atoms with Crippen LogP contribution in [0.4, 0.5) is 0 Å². The minimum absolute atomic E-state index is 0.0112. The molecule has 0 aliphatic carbocycles. The van der Waals surface area contributed by atoms with Crippen molar-refractivity contribution in [2.45, 2.75) is 44.4 Å². The number of rotatable bonds is 12. The fourth-order valence-corrected chi connectivity index (χ4v) is 6.78. The summed E-state index contributed by atoms with van der Waals surface area (Å²) >= 11 is 12.1. The van der Waals surface area contributed by atoms with Gasteiger partial charge in [-0.25, -0.2) is 9.97 Å². The van der Waals surface area contributed by atoms with Gasteiger partial charge in [-0.15, -0.1) is 0 Å². The van der Waals surface area contributed by atoms with Gasteiger partial charge in [-0.2, -0.15) is 0 Å². The van der Waals surface area contributed by atoms with Gasteiger partial charge in [0.25, 0.3) is 0 Å². The number of aromatic nitrogens is 2. The minimum atomic E-state index is -2.35. The summed E-state index contributed by atoms with van der Waals surface area (Å²) in [6.45, 7) is 4.58. The van der Waals surface area contributed by atoms with Crippen LogP contribution in [0.15, 0.2) is 98.8 Å². The largest absolute Gasteiger partial charge is 0.468 e. The molecular formula is C32H34Cl2N8O6. The van der Waals surface area contributed by atoms with Crippen LogP contribution in [0, 0.1) is 20.2 Å². The van der Waals surface area contributed by atoms with E-state index in [0.29, 0.717) is 22.4 Å². The van der Waals surface area contributed by atoms with Crippen molar-refractivity contribution in [3.05, 3.63) is 138 Å². The van der Waals surface area contributed by atoms with E-state index in [9.17, 15) is 20.2 Å². The van der Waals surface area contributed by atoms with Gasteiger partial charge < -0.3 is 23.5 Å². The van der Waals surface area contributed by atoms with Gasteiger partial charge in [-0.05, 0) is 61.4 Å². The third-order valence-electron chi connectivity index (χ3n) is 8.48. The molecule has 0 saturated heterocycles. The van der Waals surface area contributed by atoms with Crippen molar-refractivity contribution in [1.29, 1.82) is 0 Å². The van der Waals surface area contributed by atoms with Crippen molar-refractivity contribution < 1.29 is 18.7 Å². The molecule has 5 heterocycles. The lowest BCUT2D eigenvalue weighted by Gasteiger charge is -2.48. The van der Waals surface area contributed by atoms with Crippen molar-refractivity contribution in [3.8, 4) is 0 Å². The molecule has 0 N–H and O–H groups in total. The van der Waals surface area contributed by atoms with E-state index in [2.05, 4.69) is 15.0 Å². The van der Waals surface area contributed by atoms with Crippen molar-refractivity contribution in [2.24, 2.45) is 4.99 Å². The molecule has 5 rings (SSSR count). The van der Waals surface area contributed by atoms with E-state index in [1.54, 1.807) is 76.6 Å². The number of aliphatic imine (C=N–C) groups is 1. The summed E-state index contributed by atoms with van der Waals surface area (Å²) in [4.78, 5) is 44.4. The van der Waals surface area contributed by atoms with E-state index >= 15 is 0 Å². The van der Waals surface area contributed by atoms with Crippen molar-refractivity contribution in [1.82, 2.24) is 24.7 Å². The monoisotopic (exact) mass is 696 g/mol. The van der Waals surface area contributed by atoms with Crippen LogP contribution >= 0.6 is 23.2 Å². The number of nitro groups is 2. The van der Waals surface area contributed by atoms with E-state index < -0.39 is 33.0 Å². The Bertz CT molecular complexity index is 1780. The third-order valence-corrected chi connectivity index (χ3v) is 8.92. The van der Waals surface area contributed by atoms with Gasteiger partial charge in [0.2, 0.25) is 0 Å². The number of furan rings is 2. The Morgan fingerprint density at radius 2 is 1.52 bits per heavy atom. The molecular weight excluding hydrogens is 663 g/mol. The number of nitrogens with zero attached hydrogens (tertiary/aromatic N) is 8. The summed E-state index contributed by atoms with van der Waals surface area (Å²) in [5.41, 5.74) is -1.35. The molecule has 4 aromatic rings. The maximum atomic E-state index is 14.1. The molecule has 48 heavy (non-hydrogen) atoms. The molecule has 0 saturated carbocycles. The lowest BCUT2D eigenvalue weighted by Crippen LogP contribution is -2.67. The number of amidine groups is 1. The lowest BCUT2D eigenvalue weighted by atomic mass is 9.69. The zero-order chi connectivity index (χ0) is 34.6. The molecule has 0 fully saturated rings. The highest BCUT2D eigenvalue weighted by Gasteiger charge is 2.73. The van der Waals surface area contributed by atoms with Gasteiger partial charge in [0.05, 0.1) is 17.4 Å². The molecule has 1 aliphatic heterocycles. The fourth-order valence-electron chi connectivity index (χ4n) is 6.55. The molecule has 0 spiro atoms. The molecule has 14 nitrogen and oxygen atoms in total. The second-order valence-electron chi connectivity index (χ2n) is 11.1. The summed E-state index contributed by atoms with van der Waals surface area (Å²) in [7, 11) is 3.04. The van der Waals surface area contributed by atoms with Gasteiger partial charge in [-0.3, -0.25) is 25.2 Å². The normalized spacial score (nSPS) is 19.8. The standard InChI is InChI=1S/C32H34Cl2N8O6/c1-5-39(19-21-11-13-25(33)36-17-21)30-28(41(43)44)27(23-9-7-15-47-23)32(42(45)46,29(38(30)4)24-10-8-16-48-24)31(35-3)40(6-2)20-22-12-14-26(34)37-18-22/h7-18,27,29H,5-6,19-20H2,1-4H3. The number of hydrogen-bond acceptors (Lipinski definition) is 11. The molecule has 0 aromatic carbocycles. The molecule has 3 unspecified atom stereocenters. The summed E-state index contributed by atoms with van der Waals surface area (Å²) in [5.74, 6) is -1.20. The Balaban J connectivity index is 1.84. The molecule has 0 amide bonds. The second kappa shape index (κ2) is 14.4. The topological polar surface area (TPSA) is 160 Å². The first-order chi connectivity index (χ1) is 23.1. The molecule has 16 heteroatoms. The first kappa shape index (κ1) is 34.4. The van der Waals surface area contributed by atoms with E-state index in [0.717, 1.165) is 5.56 Å². The quantitative estimate of drug-likeness (QED) is 0.0539. The fraction of sp³-hybridized carbons (Fsp3) is 0.344. The van der Waals surface area contributed by atoms with Crippen LogP contribution in [0.5, 0.6) is 0 Å². The maximum Gasteiger partial charge on any atom is 0.325 e. The molecule has 0 bridgehead atoms. The van der Waals surface area contributed by atoms with E-state index in [1.807, 2.05) is 13.8 Å². The summed E-state index contributed by atoms with van der Waals surface area (Å²) < 4.78 is 11.8. The van der Waals surface area contributed by atoms with Gasteiger partial charge in [0, 0.05) is 57.6 Å². The van der Waals surface area contributed by atoms with Crippen LogP contribution < -0.4 is 0 Å². The summed E-state index contributed by atoms with van der Waals surface area (Å²) in [5, 5.41) is 28.1. The van der Waals surface area contributed by atoms with Crippen LogP contribution in [0.25, 0.3) is 0 Å². The van der Waals surface area contributed by atoms with E-state index in [-0.39, 0.29) is 42.8 Å². The van der Waals surface area contributed by atoms with Gasteiger partial charge in [0.1, 0.15) is 21.8 Å². The SMILES string of the molecule is CCN(Cc1ccc(Cl)nc1)C(=NC)C1([N+](=O)[O-])C(c2ccco2)C([N+](=O)[O-])=C(N(CC)Cc2ccc(Cl)nc2)N(C)C1c1ccco1. The molecule has 3 atom stereocenters. The number of likely N-dealkylation sites (N-methyl/N-ethyl adjacent to an activating group) is 2. The van der Waals surface area contributed by atoms with Crippen LogP contribution in [0.2, 0.25) is 10.3 Å². The second-order valence-corrected chi connectivity index (χ2v) is 11.9. The smallest absolute Gasteiger partial charge is 0.325 e. The average molecular weight is 698 g/mol. The zero-order valence-corrected chi connectivity index (χ0v) is 28.2. The predicted molar refractivity (Wildman–Crippen MR) is 178 cm³/mol. The first-order valence-corrected chi connectivity index (χ1v) is 15.8. The molecule has 1 aliphatic rings. The van der Waals surface area contributed by atoms with E-state index in [4.69, 9.17) is 32.0 Å². The lowest BCUT2D eigenvalue weighted by molar-refractivity contribution is -0.573. The highest BCUT2D eigenvalue weighted by atomic mass is 35.5. The third kappa shape index (κ3) is 6.20. The van der Waals surface area contributed by atoms with Crippen molar-refractivity contribution in [3.63, 3.8) is 0 Å². The predicted octanol–water partition coefficient (Wildman–Crippen LogP) is 6.27. The highest BCUT2D eigenvalue weighted by Crippen LogP contribution is 2.55. The van der Waals surface area contributed by atoms with E-state index in [1.165, 1.54) is 25.6 Å². The molecule has 252 valence electrons. The number of hydrogen-bond donors (Lipinski definition) is 0. The van der Waals surface area contributed by atoms with Crippen molar-refractivity contribution in [2.75, 3.05) is 27.2 Å². The number of halogens is 2. The Kier molecular flexibility index (Phi) is 10.3. The van der Waals surface area contributed by atoms with Gasteiger partial charge in [0.15, 0.2) is 23.6 Å². The van der Waals surface area contributed by atoms with Crippen LogP contribution in [-0.2, 0) is 13.1 Å². The Hall–Kier alpha value is -4.95. The van der Waals surface area contributed by atoms with Crippen LogP contribution in [0.3, 0.4) is 0 Å². The van der Waals surface area contributed by atoms with Crippen LogP contribution in [0.1, 0.15) is 48.5 Å². The molecule has 4 aromatic heterocycles. The summed E-state index contributed by atoms with van der Waals surface area (Å²) in [6.07, 6.45) is 5.92. The average Bonchev–Trinajstić information content (AvgIpc) is 3.80. The maximum absolute atomic E-state index is 14.1. The number of pyridine rings is 2. The molecule has 0 radical (unpaired) electrons. The van der Waals surface area contributed by atoms with Crippen LogP contribution in [-0.4, -0.2) is 73.1 Å². The zero-order valence-electron chi connectivity index (χ0n) is 26.7. The Labute approximate surface area is 286 Å². The summed E-state index contributed by atoms with van der Waals surface area (Å²) in [6, 6.07) is 11.9. The van der Waals surface area contributed by atoms with Gasteiger partial charge in [-0.1, -0.05) is 35.3 Å². The van der Waals surface area contributed by atoms with Gasteiger partial charge >= 0.3 is 11.2 Å². The Morgan fingerprint density at radius 3 is 1.96 bits per heavy atom.